The maximum absolute atomic E-state index is 9.75. The van der Waals surface area contributed by atoms with E-state index in [1.807, 2.05) is 13.1 Å². The number of H-pyrrole nitrogens is 1. The van der Waals surface area contributed by atoms with Crippen LogP contribution in [0.1, 0.15) is 31.3 Å². The van der Waals surface area contributed by atoms with Crippen molar-refractivity contribution in [2.24, 2.45) is 0 Å². The van der Waals surface area contributed by atoms with Crippen LogP contribution in [0.15, 0.2) is 6.20 Å². The van der Waals surface area contributed by atoms with Gasteiger partial charge in [0.15, 0.2) is 0 Å². The molecule has 2 nitrogen and oxygen atoms in total. The lowest BCUT2D eigenvalue weighted by Gasteiger charge is -1.94. The van der Waals surface area contributed by atoms with Gasteiger partial charge >= 0.3 is 7.25 Å². The molecule has 0 spiro atoms. The SMILES string of the molecule is CCCCc1cnc(C)[nH]1.F[B-](F)(F)F. The predicted molar refractivity (Wildman–Crippen MR) is 52.1 cm³/mol. The van der Waals surface area contributed by atoms with Crippen molar-refractivity contribution in [1.82, 2.24) is 9.97 Å². The van der Waals surface area contributed by atoms with E-state index in [4.69, 9.17) is 0 Å². The zero-order chi connectivity index (χ0) is 11.9. The lowest BCUT2D eigenvalue weighted by atomic mass is 10.2. The second-order valence-corrected chi connectivity index (χ2v) is 3.09. The molecule has 0 aliphatic heterocycles. The fourth-order valence-electron chi connectivity index (χ4n) is 0.966. The average Bonchev–Trinajstić information content (AvgIpc) is 2.45. The van der Waals surface area contributed by atoms with Crippen molar-refractivity contribution in [3.05, 3.63) is 17.7 Å². The lowest BCUT2D eigenvalue weighted by Crippen LogP contribution is -2.02. The van der Waals surface area contributed by atoms with Crippen molar-refractivity contribution in [3.63, 3.8) is 0 Å². The van der Waals surface area contributed by atoms with Gasteiger partial charge in [0.25, 0.3) is 0 Å². The minimum atomic E-state index is -6.00. The Balaban J connectivity index is 0.000000336. The number of imidazole rings is 1. The van der Waals surface area contributed by atoms with E-state index in [0.29, 0.717) is 0 Å². The second kappa shape index (κ2) is 6.47. The highest BCUT2D eigenvalue weighted by Gasteiger charge is 2.20. The first-order chi connectivity index (χ1) is 6.83. The Labute approximate surface area is 86.2 Å². The van der Waals surface area contributed by atoms with Gasteiger partial charge in [0.1, 0.15) is 5.82 Å². The first-order valence-corrected chi connectivity index (χ1v) is 4.70. The number of aromatic amines is 1. The molecule has 0 fully saturated rings. The molecule has 7 heteroatoms. The van der Waals surface area contributed by atoms with Crippen LogP contribution < -0.4 is 0 Å². The van der Waals surface area contributed by atoms with Gasteiger partial charge in [0, 0.05) is 11.9 Å². The minimum Gasteiger partial charge on any atom is -0.418 e. The lowest BCUT2D eigenvalue weighted by molar-refractivity contribution is 0.368. The summed E-state index contributed by atoms with van der Waals surface area (Å²) >= 11 is 0. The van der Waals surface area contributed by atoms with E-state index in [2.05, 4.69) is 16.9 Å². The molecule has 0 radical (unpaired) electrons. The number of hydrogen-bond donors (Lipinski definition) is 1. The van der Waals surface area contributed by atoms with Crippen LogP contribution in [0.2, 0.25) is 0 Å². The van der Waals surface area contributed by atoms with Crippen molar-refractivity contribution < 1.29 is 17.3 Å². The van der Waals surface area contributed by atoms with Crippen molar-refractivity contribution in [2.75, 3.05) is 0 Å². The van der Waals surface area contributed by atoms with Crippen LogP contribution >= 0.6 is 0 Å². The van der Waals surface area contributed by atoms with Gasteiger partial charge in [-0.2, -0.15) is 0 Å². The largest absolute Gasteiger partial charge is 0.673 e. The summed E-state index contributed by atoms with van der Waals surface area (Å²) in [4.78, 5) is 7.31. The summed E-state index contributed by atoms with van der Waals surface area (Å²) in [5, 5.41) is 0. The Hall–Kier alpha value is -1.01. The van der Waals surface area contributed by atoms with Crippen LogP contribution in [0.3, 0.4) is 0 Å². The van der Waals surface area contributed by atoms with Gasteiger partial charge in [-0.05, 0) is 19.8 Å². The Bertz CT molecular complexity index is 266. The highest BCUT2D eigenvalue weighted by atomic mass is 19.5. The smallest absolute Gasteiger partial charge is 0.418 e. The van der Waals surface area contributed by atoms with Crippen LogP contribution in [-0.4, -0.2) is 17.2 Å². The number of halogens is 4. The average molecular weight is 225 g/mol. The summed E-state index contributed by atoms with van der Waals surface area (Å²) in [5.41, 5.74) is 1.26. The van der Waals surface area contributed by atoms with Crippen molar-refractivity contribution >= 4 is 7.25 Å². The van der Waals surface area contributed by atoms with Crippen molar-refractivity contribution in [1.29, 1.82) is 0 Å². The van der Waals surface area contributed by atoms with E-state index in [9.17, 15) is 17.3 Å². The molecule has 0 aliphatic rings. The summed E-state index contributed by atoms with van der Waals surface area (Å²) in [6.07, 6.45) is 5.56. The molecular weight excluding hydrogens is 211 g/mol. The zero-order valence-electron chi connectivity index (χ0n) is 8.74. The molecule has 1 aromatic heterocycles. The molecule has 1 N–H and O–H groups in total. The number of aromatic nitrogens is 2. The number of nitrogens with one attached hydrogen (secondary N) is 1. The van der Waals surface area contributed by atoms with E-state index in [1.54, 1.807) is 0 Å². The molecular formula is C8H14BF4N2-. The van der Waals surface area contributed by atoms with Crippen molar-refractivity contribution in [3.8, 4) is 0 Å². The van der Waals surface area contributed by atoms with Gasteiger partial charge in [-0.1, -0.05) is 13.3 Å². The van der Waals surface area contributed by atoms with Gasteiger partial charge in [-0.25, -0.2) is 4.98 Å². The van der Waals surface area contributed by atoms with Crippen LogP contribution in [0.25, 0.3) is 0 Å². The third kappa shape index (κ3) is 10.9. The third-order valence-corrected chi connectivity index (χ3v) is 1.56. The predicted octanol–water partition coefficient (Wildman–Crippen LogP) is 3.36. The van der Waals surface area contributed by atoms with Gasteiger partial charge in [-0.15, -0.1) is 0 Å². The summed E-state index contributed by atoms with van der Waals surface area (Å²) in [7, 11) is -6.00. The first kappa shape index (κ1) is 14.0. The Morgan fingerprint density at radius 3 is 2.20 bits per heavy atom. The quantitative estimate of drug-likeness (QED) is 0.620. The van der Waals surface area contributed by atoms with E-state index in [0.717, 1.165) is 12.2 Å². The number of rotatable bonds is 3. The fraction of sp³-hybridized carbons (Fsp3) is 0.625. The highest BCUT2D eigenvalue weighted by molar-refractivity contribution is 6.50. The molecule has 0 amide bonds. The molecule has 0 bridgehead atoms. The summed E-state index contributed by atoms with van der Waals surface area (Å²) in [6, 6.07) is 0. The highest BCUT2D eigenvalue weighted by Crippen LogP contribution is 2.06. The van der Waals surface area contributed by atoms with E-state index >= 15 is 0 Å². The zero-order valence-corrected chi connectivity index (χ0v) is 8.74. The molecule has 15 heavy (non-hydrogen) atoms. The first-order valence-electron chi connectivity index (χ1n) is 4.70. The van der Waals surface area contributed by atoms with Crippen LogP contribution in [-0.2, 0) is 6.42 Å². The van der Waals surface area contributed by atoms with E-state index in [-0.39, 0.29) is 0 Å². The third-order valence-electron chi connectivity index (χ3n) is 1.56. The second-order valence-electron chi connectivity index (χ2n) is 3.09. The fourth-order valence-corrected chi connectivity index (χ4v) is 0.966. The monoisotopic (exact) mass is 225 g/mol. The topological polar surface area (TPSA) is 28.7 Å². The summed E-state index contributed by atoms with van der Waals surface area (Å²) < 4.78 is 39.0. The van der Waals surface area contributed by atoms with E-state index < -0.39 is 7.25 Å². The van der Waals surface area contributed by atoms with Crippen LogP contribution in [0, 0.1) is 6.92 Å². The van der Waals surface area contributed by atoms with Crippen LogP contribution in [0.5, 0.6) is 0 Å². The minimum absolute atomic E-state index is 1.02. The molecule has 0 unspecified atom stereocenters. The summed E-state index contributed by atoms with van der Waals surface area (Å²) in [5.74, 6) is 1.02. The van der Waals surface area contributed by atoms with Crippen molar-refractivity contribution in [2.45, 2.75) is 33.1 Å². The normalized spacial score (nSPS) is 10.8. The molecule has 1 rings (SSSR count). The Kier molecular flexibility index (Phi) is 6.04. The number of aryl methyl sites for hydroxylation is 2. The number of unbranched alkanes of at least 4 members (excludes halogenated alkanes) is 1. The Morgan fingerprint density at radius 1 is 1.33 bits per heavy atom. The molecule has 1 heterocycles. The van der Waals surface area contributed by atoms with Gasteiger partial charge < -0.3 is 22.2 Å². The Morgan fingerprint density at radius 2 is 1.87 bits per heavy atom. The molecule has 0 saturated heterocycles. The molecule has 1 aromatic rings. The van der Waals surface area contributed by atoms with Crippen LogP contribution in [0.4, 0.5) is 17.3 Å². The van der Waals surface area contributed by atoms with Gasteiger partial charge in [-0.3, -0.25) is 0 Å². The molecule has 0 saturated carbocycles. The number of hydrogen-bond acceptors (Lipinski definition) is 1. The molecule has 88 valence electrons. The maximum atomic E-state index is 9.75. The van der Waals surface area contributed by atoms with E-state index in [1.165, 1.54) is 18.5 Å². The molecule has 0 aromatic carbocycles. The summed E-state index contributed by atoms with van der Waals surface area (Å²) in [6.45, 7) is 4.18. The standard InChI is InChI=1S/C8H14N2.BF4/c1-3-4-5-8-6-9-7(2)10-8;2-1(3,4)5/h6H,3-5H2,1-2H3,(H,9,10);/q;-1. The van der Waals surface area contributed by atoms with Gasteiger partial charge in [0.2, 0.25) is 0 Å². The number of nitrogens with zero attached hydrogens (tertiary/aromatic N) is 1. The maximum Gasteiger partial charge on any atom is 0.673 e. The van der Waals surface area contributed by atoms with Gasteiger partial charge in [0.05, 0.1) is 0 Å². The molecule has 0 atom stereocenters. The molecule has 0 aliphatic carbocycles.